The van der Waals surface area contributed by atoms with Gasteiger partial charge in [-0.25, -0.2) is 0 Å². The minimum atomic E-state index is -0.738. The molecule has 5 heteroatoms. The van der Waals surface area contributed by atoms with E-state index in [1.54, 1.807) is 11.8 Å². The fourth-order valence-corrected chi connectivity index (χ4v) is 4.13. The predicted octanol–water partition coefficient (Wildman–Crippen LogP) is 2.42. The zero-order valence-corrected chi connectivity index (χ0v) is 11.0. The topological polar surface area (TPSA) is 49.3 Å². The third kappa shape index (κ3) is 3.94. The van der Waals surface area contributed by atoms with E-state index in [0.717, 1.165) is 17.9 Å². The third-order valence-electron chi connectivity index (χ3n) is 2.50. The van der Waals surface area contributed by atoms with Crippen molar-refractivity contribution in [3.8, 4) is 0 Å². The molecule has 2 N–H and O–H groups in total. The van der Waals surface area contributed by atoms with E-state index in [1.807, 2.05) is 30.0 Å². The molecule has 92 valence electrons. The Hall–Kier alpha value is -0.650. The van der Waals surface area contributed by atoms with Gasteiger partial charge in [-0.05, 0) is 18.1 Å². The lowest BCUT2D eigenvalue weighted by Crippen LogP contribution is -2.15. The Morgan fingerprint density at radius 2 is 2.35 bits per heavy atom. The quantitative estimate of drug-likeness (QED) is 0.859. The van der Waals surface area contributed by atoms with Crippen molar-refractivity contribution in [2.75, 3.05) is 12.3 Å². The van der Waals surface area contributed by atoms with E-state index in [4.69, 9.17) is 5.11 Å². The summed E-state index contributed by atoms with van der Waals surface area (Å²) < 4.78 is 0.404. The van der Waals surface area contributed by atoms with Crippen LogP contribution in [0.2, 0.25) is 0 Å². The van der Waals surface area contributed by atoms with Gasteiger partial charge in [0, 0.05) is 23.6 Å². The van der Waals surface area contributed by atoms with Gasteiger partial charge < -0.3 is 5.11 Å². The smallest absolute Gasteiger partial charge is 0.303 e. The molecule has 3 nitrogen and oxygen atoms in total. The SMILES string of the molecule is O=C(O)CCc1ccccc1SC1NCCS1. The summed E-state index contributed by atoms with van der Waals surface area (Å²) in [4.78, 5) is 11.8. The number of rotatable bonds is 5. The van der Waals surface area contributed by atoms with Crippen LogP contribution in [0.4, 0.5) is 0 Å². The summed E-state index contributed by atoms with van der Waals surface area (Å²) in [6, 6.07) is 8.07. The van der Waals surface area contributed by atoms with Crippen LogP contribution >= 0.6 is 23.5 Å². The Morgan fingerprint density at radius 1 is 1.53 bits per heavy atom. The normalized spacial score (nSPS) is 19.4. The number of hydrogen-bond acceptors (Lipinski definition) is 4. The summed E-state index contributed by atoms with van der Waals surface area (Å²) in [6.45, 7) is 1.06. The number of carboxylic acid groups (broad SMARTS) is 1. The van der Waals surface area contributed by atoms with Gasteiger partial charge >= 0.3 is 5.97 Å². The minimum Gasteiger partial charge on any atom is -0.481 e. The summed E-state index contributed by atoms with van der Waals surface area (Å²) >= 11 is 3.69. The minimum absolute atomic E-state index is 0.197. The van der Waals surface area contributed by atoms with Gasteiger partial charge in [0.1, 0.15) is 4.71 Å². The van der Waals surface area contributed by atoms with Gasteiger partial charge in [0.05, 0.1) is 0 Å². The Kier molecular flexibility index (Phi) is 4.76. The first-order valence-electron chi connectivity index (χ1n) is 5.57. The summed E-state index contributed by atoms with van der Waals surface area (Å²) in [7, 11) is 0. The van der Waals surface area contributed by atoms with Crippen LogP contribution < -0.4 is 5.32 Å². The van der Waals surface area contributed by atoms with E-state index in [9.17, 15) is 4.79 Å². The number of carbonyl (C=O) groups is 1. The molecule has 1 aromatic carbocycles. The molecule has 1 aliphatic heterocycles. The average molecular weight is 269 g/mol. The van der Waals surface area contributed by atoms with Gasteiger partial charge in [-0.15, -0.1) is 11.8 Å². The summed E-state index contributed by atoms with van der Waals surface area (Å²) in [5.74, 6) is 0.410. The van der Waals surface area contributed by atoms with Crippen molar-refractivity contribution in [3.05, 3.63) is 29.8 Å². The number of hydrogen-bond donors (Lipinski definition) is 2. The molecule has 17 heavy (non-hydrogen) atoms. The van der Waals surface area contributed by atoms with Crippen molar-refractivity contribution in [2.24, 2.45) is 0 Å². The molecule has 1 aliphatic rings. The van der Waals surface area contributed by atoms with Crippen LogP contribution in [-0.4, -0.2) is 28.1 Å². The molecule has 0 spiro atoms. The van der Waals surface area contributed by atoms with Crippen LogP contribution in [0.3, 0.4) is 0 Å². The maximum atomic E-state index is 10.6. The molecule has 0 aromatic heterocycles. The van der Waals surface area contributed by atoms with Gasteiger partial charge in [0.2, 0.25) is 0 Å². The molecule has 2 rings (SSSR count). The molecular formula is C12H15NO2S2. The van der Waals surface area contributed by atoms with E-state index in [1.165, 1.54) is 4.90 Å². The highest BCUT2D eigenvalue weighted by Crippen LogP contribution is 2.33. The summed E-state index contributed by atoms with van der Waals surface area (Å²) in [5.41, 5.74) is 1.13. The molecule has 0 amide bonds. The second-order valence-electron chi connectivity index (χ2n) is 3.78. The summed E-state index contributed by atoms with van der Waals surface area (Å²) in [5, 5.41) is 12.1. The van der Waals surface area contributed by atoms with Crippen LogP contribution in [0, 0.1) is 0 Å². The first-order valence-corrected chi connectivity index (χ1v) is 7.50. The van der Waals surface area contributed by atoms with Crippen molar-refractivity contribution in [2.45, 2.75) is 22.4 Å². The van der Waals surface area contributed by atoms with Gasteiger partial charge in [0.15, 0.2) is 0 Å². The van der Waals surface area contributed by atoms with Gasteiger partial charge in [-0.2, -0.15) is 0 Å². The number of thioether (sulfide) groups is 2. The predicted molar refractivity (Wildman–Crippen MR) is 72.5 cm³/mol. The molecule has 1 fully saturated rings. The molecule has 1 heterocycles. The maximum absolute atomic E-state index is 10.6. The van der Waals surface area contributed by atoms with E-state index >= 15 is 0 Å². The van der Waals surface area contributed by atoms with Crippen molar-refractivity contribution in [1.29, 1.82) is 0 Å². The number of aliphatic carboxylic acids is 1. The first kappa shape index (κ1) is 12.8. The van der Waals surface area contributed by atoms with E-state index < -0.39 is 5.97 Å². The van der Waals surface area contributed by atoms with E-state index in [-0.39, 0.29) is 6.42 Å². The second kappa shape index (κ2) is 6.33. The number of benzene rings is 1. The lowest BCUT2D eigenvalue weighted by atomic mass is 10.1. The molecule has 0 bridgehead atoms. The highest BCUT2D eigenvalue weighted by Gasteiger charge is 2.17. The van der Waals surface area contributed by atoms with Crippen molar-refractivity contribution in [1.82, 2.24) is 5.32 Å². The number of nitrogens with one attached hydrogen (secondary N) is 1. The molecule has 0 aliphatic carbocycles. The third-order valence-corrected chi connectivity index (χ3v) is 5.14. The van der Waals surface area contributed by atoms with Gasteiger partial charge in [-0.3, -0.25) is 10.1 Å². The monoisotopic (exact) mass is 269 g/mol. The number of aryl methyl sites for hydroxylation is 1. The Morgan fingerprint density at radius 3 is 3.06 bits per heavy atom. The van der Waals surface area contributed by atoms with Gasteiger partial charge in [0.25, 0.3) is 0 Å². The second-order valence-corrected chi connectivity index (χ2v) is 6.43. The van der Waals surface area contributed by atoms with Crippen LogP contribution in [0.5, 0.6) is 0 Å². The highest BCUT2D eigenvalue weighted by atomic mass is 32.2. The van der Waals surface area contributed by atoms with E-state index in [2.05, 4.69) is 11.4 Å². The lowest BCUT2D eigenvalue weighted by molar-refractivity contribution is -0.136. The maximum Gasteiger partial charge on any atom is 0.303 e. The molecule has 0 saturated carbocycles. The molecule has 1 saturated heterocycles. The first-order chi connectivity index (χ1) is 8.25. The Balaban J connectivity index is 2.01. The Labute approximate surface area is 109 Å². The Bertz CT molecular complexity index is 392. The zero-order chi connectivity index (χ0) is 12.1. The highest BCUT2D eigenvalue weighted by molar-refractivity contribution is 8.17. The summed E-state index contributed by atoms with van der Waals surface area (Å²) in [6.07, 6.45) is 0.804. The largest absolute Gasteiger partial charge is 0.481 e. The fourth-order valence-electron chi connectivity index (χ4n) is 1.66. The van der Waals surface area contributed by atoms with Gasteiger partial charge in [-0.1, -0.05) is 30.0 Å². The molecule has 1 aromatic rings. The molecule has 1 atom stereocenters. The average Bonchev–Trinajstić information content (AvgIpc) is 2.80. The van der Waals surface area contributed by atoms with Crippen LogP contribution in [0.1, 0.15) is 12.0 Å². The lowest BCUT2D eigenvalue weighted by Gasteiger charge is -2.12. The van der Waals surface area contributed by atoms with Crippen molar-refractivity contribution < 1.29 is 9.90 Å². The standard InChI is InChI=1S/C12H15NO2S2/c14-11(15)6-5-9-3-1-2-4-10(9)17-12-13-7-8-16-12/h1-4,12-13H,5-8H2,(H,14,15). The van der Waals surface area contributed by atoms with Crippen LogP contribution in [0.25, 0.3) is 0 Å². The molecule has 0 radical (unpaired) electrons. The molecular weight excluding hydrogens is 254 g/mol. The fraction of sp³-hybridized carbons (Fsp3) is 0.417. The molecule has 1 unspecified atom stereocenters. The van der Waals surface area contributed by atoms with Crippen LogP contribution in [-0.2, 0) is 11.2 Å². The van der Waals surface area contributed by atoms with Crippen LogP contribution in [0.15, 0.2) is 29.2 Å². The number of carboxylic acids is 1. The van der Waals surface area contributed by atoms with Crippen molar-refractivity contribution in [3.63, 3.8) is 0 Å². The van der Waals surface area contributed by atoms with Crippen molar-refractivity contribution >= 4 is 29.5 Å². The zero-order valence-electron chi connectivity index (χ0n) is 9.39. The van der Waals surface area contributed by atoms with E-state index in [0.29, 0.717) is 11.1 Å².